The van der Waals surface area contributed by atoms with Crippen molar-refractivity contribution >= 4 is 23.3 Å². The Morgan fingerprint density at radius 2 is 2.50 bits per heavy atom. The van der Waals surface area contributed by atoms with Crippen LogP contribution in [0.1, 0.15) is 21.0 Å². The Kier molecular flexibility index (Phi) is 3.85. The van der Waals surface area contributed by atoms with Gasteiger partial charge in [0.25, 0.3) is 5.91 Å². The van der Waals surface area contributed by atoms with Gasteiger partial charge in [-0.3, -0.25) is 10.2 Å². The van der Waals surface area contributed by atoms with Crippen molar-refractivity contribution in [1.29, 1.82) is 5.26 Å². The molecular formula is C9H9N3OS. The summed E-state index contributed by atoms with van der Waals surface area (Å²) < 4.78 is 0. The average Bonchev–Trinajstić information content (AvgIpc) is 2.66. The molecule has 0 aliphatic carbocycles. The Labute approximate surface area is 85.6 Å². The summed E-state index contributed by atoms with van der Waals surface area (Å²) in [6.45, 7) is 0. The number of hydrazine groups is 1. The molecule has 14 heavy (non-hydrogen) atoms. The molecule has 0 fully saturated rings. The van der Waals surface area contributed by atoms with Gasteiger partial charge in [-0.15, -0.1) is 11.3 Å². The minimum atomic E-state index is -0.296. The van der Waals surface area contributed by atoms with Crippen molar-refractivity contribution in [3.05, 3.63) is 28.0 Å². The Hall–Kier alpha value is -1.64. The van der Waals surface area contributed by atoms with Gasteiger partial charge in [-0.05, 0) is 18.2 Å². The molecule has 0 aromatic carbocycles. The number of carbonyl (C=O) groups excluding carboxylic acids is 1. The van der Waals surface area contributed by atoms with Gasteiger partial charge in [0.05, 0.1) is 17.4 Å². The number of nitrogen functional groups attached to an aromatic ring is 1. The van der Waals surface area contributed by atoms with Crippen LogP contribution in [-0.2, 0) is 0 Å². The fraction of sp³-hybridized carbons (Fsp3) is 0.111. The van der Waals surface area contributed by atoms with Crippen LogP contribution in [0.4, 0.5) is 0 Å². The van der Waals surface area contributed by atoms with E-state index in [1.54, 1.807) is 18.2 Å². The first kappa shape index (κ1) is 10.4. The lowest BCUT2D eigenvalue weighted by Crippen LogP contribution is -2.29. The third-order valence-electron chi connectivity index (χ3n) is 1.47. The predicted octanol–water partition coefficient (Wildman–Crippen LogP) is 1.28. The molecule has 0 saturated carbocycles. The monoisotopic (exact) mass is 207 g/mol. The Morgan fingerprint density at radius 3 is 3.14 bits per heavy atom. The number of thiophene rings is 1. The van der Waals surface area contributed by atoms with Crippen LogP contribution in [0, 0.1) is 11.3 Å². The van der Waals surface area contributed by atoms with E-state index in [1.807, 2.05) is 12.1 Å². The highest BCUT2D eigenvalue weighted by Gasteiger charge is 2.05. The van der Waals surface area contributed by atoms with Gasteiger partial charge in [0.15, 0.2) is 0 Å². The molecular weight excluding hydrogens is 198 g/mol. The highest BCUT2D eigenvalue weighted by Crippen LogP contribution is 2.17. The molecule has 0 aliphatic heterocycles. The second kappa shape index (κ2) is 5.17. The zero-order valence-electron chi connectivity index (χ0n) is 7.36. The fourth-order valence-corrected chi connectivity index (χ4v) is 1.71. The lowest BCUT2D eigenvalue weighted by molar-refractivity contribution is 0.0957. The molecule has 4 nitrogen and oxygen atoms in total. The topological polar surface area (TPSA) is 78.9 Å². The van der Waals surface area contributed by atoms with E-state index in [9.17, 15) is 4.79 Å². The second-order valence-corrected chi connectivity index (χ2v) is 3.56. The largest absolute Gasteiger partial charge is 0.289 e. The van der Waals surface area contributed by atoms with E-state index >= 15 is 0 Å². The van der Waals surface area contributed by atoms with E-state index in [4.69, 9.17) is 11.1 Å². The zero-order valence-corrected chi connectivity index (χ0v) is 8.17. The number of nitrogens with zero attached hydrogens (tertiary/aromatic N) is 1. The van der Waals surface area contributed by atoms with Gasteiger partial charge in [-0.2, -0.15) is 5.26 Å². The standard InChI is InChI=1S/C9H9N3OS/c10-6-2-1-3-7-4-5-8(14-7)9(13)12-11/h1,3-5H,2,11H2,(H,12,13). The molecule has 1 aromatic rings. The number of allylic oxidation sites excluding steroid dienone is 1. The van der Waals surface area contributed by atoms with E-state index in [1.165, 1.54) is 11.3 Å². The maximum Gasteiger partial charge on any atom is 0.275 e. The molecule has 0 saturated heterocycles. The fourth-order valence-electron chi connectivity index (χ4n) is 0.863. The molecule has 72 valence electrons. The number of hydrogen-bond donors (Lipinski definition) is 2. The third-order valence-corrected chi connectivity index (χ3v) is 2.52. The summed E-state index contributed by atoms with van der Waals surface area (Å²) in [6, 6.07) is 5.50. The maximum atomic E-state index is 11.1. The summed E-state index contributed by atoms with van der Waals surface area (Å²) in [7, 11) is 0. The van der Waals surface area contributed by atoms with Crippen molar-refractivity contribution < 1.29 is 4.79 Å². The quantitative estimate of drug-likeness (QED) is 0.445. The highest BCUT2D eigenvalue weighted by molar-refractivity contribution is 7.14. The van der Waals surface area contributed by atoms with E-state index in [-0.39, 0.29) is 5.91 Å². The first-order chi connectivity index (χ1) is 6.77. The number of nitrogens with two attached hydrogens (primary N) is 1. The Balaban J connectivity index is 2.69. The van der Waals surface area contributed by atoms with Crippen molar-refractivity contribution in [1.82, 2.24) is 5.43 Å². The lowest BCUT2D eigenvalue weighted by atomic mass is 10.3. The first-order valence-corrected chi connectivity index (χ1v) is 4.74. The number of rotatable bonds is 3. The van der Waals surface area contributed by atoms with Gasteiger partial charge in [-0.25, -0.2) is 5.84 Å². The molecule has 5 heteroatoms. The molecule has 0 spiro atoms. The molecule has 0 aliphatic rings. The average molecular weight is 207 g/mol. The molecule has 1 rings (SSSR count). The first-order valence-electron chi connectivity index (χ1n) is 3.92. The predicted molar refractivity (Wildman–Crippen MR) is 55.2 cm³/mol. The summed E-state index contributed by atoms with van der Waals surface area (Å²) >= 11 is 1.33. The SMILES string of the molecule is N#CCC=Cc1ccc(C(=O)NN)s1. The molecule has 1 heterocycles. The number of nitrogens with one attached hydrogen (secondary N) is 1. The van der Waals surface area contributed by atoms with Gasteiger partial charge in [0, 0.05) is 4.88 Å². The van der Waals surface area contributed by atoms with Crippen LogP contribution in [0.2, 0.25) is 0 Å². The van der Waals surface area contributed by atoms with Gasteiger partial charge in [0.1, 0.15) is 0 Å². The zero-order chi connectivity index (χ0) is 10.4. The second-order valence-electron chi connectivity index (χ2n) is 2.44. The van der Waals surface area contributed by atoms with Crippen molar-refractivity contribution in [2.24, 2.45) is 5.84 Å². The van der Waals surface area contributed by atoms with Crippen LogP contribution in [0.25, 0.3) is 6.08 Å². The molecule has 1 amide bonds. The van der Waals surface area contributed by atoms with Crippen LogP contribution >= 0.6 is 11.3 Å². The van der Waals surface area contributed by atoms with E-state index in [2.05, 4.69) is 5.43 Å². The minimum absolute atomic E-state index is 0.296. The van der Waals surface area contributed by atoms with Crippen molar-refractivity contribution in [3.63, 3.8) is 0 Å². The third kappa shape index (κ3) is 2.69. The lowest BCUT2D eigenvalue weighted by Gasteiger charge is -1.91. The smallest absolute Gasteiger partial charge is 0.275 e. The van der Waals surface area contributed by atoms with E-state index < -0.39 is 0 Å². The van der Waals surface area contributed by atoms with Crippen LogP contribution in [-0.4, -0.2) is 5.91 Å². The van der Waals surface area contributed by atoms with Gasteiger partial charge in [-0.1, -0.05) is 6.08 Å². The van der Waals surface area contributed by atoms with Crippen LogP contribution in [0.3, 0.4) is 0 Å². The molecule has 0 unspecified atom stereocenters. The Morgan fingerprint density at radius 1 is 1.71 bits per heavy atom. The molecule has 0 atom stereocenters. The molecule has 0 radical (unpaired) electrons. The molecule has 3 N–H and O–H groups in total. The van der Waals surface area contributed by atoms with Gasteiger partial charge < -0.3 is 0 Å². The minimum Gasteiger partial charge on any atom is -0.289 e. The number of hydrogen-bond acceptors (Lipinski definition) is 4. The summed E-state index contributed by atoms with van der Waals surface area (Å²) in [4.78, 5) is 12.5. The molecule has 1 aromatic heterocycles. The summed E-state index contributed by atoms with van der Waals surface area (Å²) in [5.41, 5.74) is 2.06. The van der Waals surface area contributed by atoms with Crippen molar-refractivity contribution in [3.8, 4) is 6.07 Å². The summed E-state index contributed by atoms with van der Waals surface area (Å²) in [5, 5.41) is 8.30. The van der Waals surface area contributed by atoms with E-state index in [0.717, 1.165) is 4.88 Å². The van der Waals surface area contributed by atoms with E-state index in [0.29, 0.717) is 11.3 Å². The van der Waals surface area contributed by atoms with Crippen LogP contribution < -0.4 is 11.3 Å². The Bertz CT molecular complexity index is 389. The van der Waals surface area contributed by atoms with Crippen molar-refractivity contribution in [2.45, 2.75) is 6.42 Å². The molecule has 0 bridgehead atoms. The van der Waals surface area contributed by atoms with Crippen LogP contribution in [0.15, 0.2) is 18.2 Å². The maximum absolute atomic E-state index is 11.1. The van der Waals surface area contributed by atoms with Gasteiger partial charge >= 0.3 is 0 Å². The van der Waals surface area contributed by atoms with Crippen molar-refractivity contribution in [2.75, 3.05) is 0 Å². The normalized spacial score (nSPS) is 10.0. The number of nitriles is 1. The van der Waals surface area contributed by atoms with Crippen LogP contribution in [0.5, 0.6) is 0 Å². The summed E-state index contributed by atoms with van der Waals surface area (Å²) in [6.07, 6.45) is 3.92. The van der Waals surface area contributed by atoms with Gasteiger partial charge in [0.2, 0.25) is 0 Å². The number of amides is 1. The summed E-state index contributed by atoms with van der Waals surface area (Å²) in [5.74, 6) is 4.68. The number of carbonyl (C=O) groups is 1. The highest BCUT2D eigenvalue weighted by atomic mass is 32.1.